The summed E-state index contributed by atoms with van der Waals surface area (Å²) in [6.07, 6.45) is 0. The van der Waals surface area contributed by atoms with E-state index in [0.717, 1.165) is 17.0 Å². The number of nitrogens with zero attached hydrogens (tertiary/aromatic N) is 6. The lowest BCUT2D eigenvalue weighted by Crippen LogP contribution is -2.11. The van der Waals surface area contributed by atoms with Crippen molar-refractivity contribution in [2.24, 2.45) is 0 Å². The molecule has 7 heteroatoms. The third-order valence-corrected chi connectivity index (χ3v) is 2.96. The van der Waals surface area contributed by atoms with Gasteiger partial charge in [0, 0.05) is 12.2 Å². The van der Waals surface area contributed by atoms with Crippen LogP contribution >= 0.6 is 0 Å². The minimum absolute atomic E-state index is 0.367. The third-order valence-electron chi connectivity index (χ3n) is 2.96. The third kappa shape index (κ3) is 3.02. The molecule has 1 N–H and O–H groups in total. The molecule has 0 spiro atoms. The highest BCUT2D eigenvalue weighted by atomic mass is 15.5. The lowest BCUT2D eigenvalue weighted by molar-refractivity contribution is 0.710. The number of aryl methyl sites for hydroxylation is 2. The standard InChI is InChI=1S/C14H15N7/c1-10-8-11(2)21(20-10)14-18-16-13(17-19-14)15-9-12-6-4-3-5-7-12/h3-8H,9H2,1-2H3,(H,15,16,17). The minimum Gasteiger partial charge on any atom is -0.348 e. The second kappa shape index (κ2) is 5.66. The molecule has 0 radical (unpaired) electrons. The fourth-order valence-corrected chi connectivity index (χ4v) is 1.99. The van der Waals surface area contributed by atoms with Crippen molar-refractivity contribution in [3.8, 4) is 5.95 Å². The Morgan fingerprint density at radius 1 is 1.00 bits per heavy atom. The van der Waals surface area contributed by atoms with E-state index in [2.05, 4.69) is 30.8 Å². The molecule has 0 aliphatic rings. The number of anilines is 1. The van der Waals surface area contributed by atoms with E-state index in [1.165, 1.54) is 0 Å². The number of aromatic nitrogens is 6. The summed E-state index contributed by atoms with van der Waals surface area (Å²) < 4.78 is 1.62. The van der Waals surface area contributed by atoms with Crippen LogP contribution < -0.4 is 5.32 Å². The largest absolute Gasteiger partial charge is 0.348 e. The van der Waals surface area contributed by atoms with Crippen LogP contribution in [0.15, 0.2) is 36.4 Å². The zero-order valence-electron chi connectivity index (χ0n) is 11.9. The second-order valence-corrected chi connectivity index (χ2v) is 4.70. The van der Waals surface area contributed by atoms with E-state index in [0.29, 0.717) is 18.4 Å². The Balaban J connectivity index is 1.71. The molecule has 0 fully saturated rings. The van der Waals surface area contributed by atoms with E-state index in [1.807, 2.05) is 50.2 Å². The van der Waals surface area contributed by atoms with Crippen molar-refractivity contribution in [3.05, 3.63) is 53.3 Å². The van der Waals surface area contributed by atoms with Crippen molar-refractivity contribution in [1.82, 2.24) is 30.2 Å². The summed E-state index contributed by atoms with van der Waals surface area (Å²) in [6.45, 7) is 4.48. The van der Waals surface area contributed by atoms with Gasteiger partial charge in [0.15, 0.2) is 0 Å². The molecular formula is C14H15N7. The molecule has 2 aromatic heterocycles. The molecule has 0 bridgehead atoms. The van der Waals surface area contributed by atoms with Crippen LogP contribution in [-0.2, 0) is 6.54 Å². The van der Waals surface area contributed by atoms with Gasteiger partial charge in [-0.15, -0.1) is 20.4 Å². The van der Waals surface area contributed by atoms with E-state index in [1.54, 1.807) is 4.68 Å². The predicted molar refractivity (Wildman–Crippen MR) is 78.0 cm³/mol. The summed E-state index contributed by atoms with van der Waals surface area (Å²) in [5.74, 6) is 0.759. The normalized spacial score (nSPS) is 10.6. The second-order valence-electron chi connectivity index (χ2n) is 4.70. The number of hydrogen-bond acceptors (Lipinski definition) is 6. The average molecular weight is 281 g/mol. The van der Waals surface area contributed by atoms with Crippen molar-refractivity contribution >= 4 is 5.95 Å². The number of hydrogen-bond donors (Lipinski definition) is 1. The Labute approximate surface area is 122 Å². The van der Waals surface area contributed by atoms with Crippen LogP contribution in [0.5, 0.6) is 0 Å². The number of nitrogens with one attached hydrogen (secondary N) is 1. The van der Waals surface area contributed by atoms with Gasteiger partial charge in [-0.25, -0.2) is 4.68 Å². The molecule has 0 atom stereocenters. The molecular weight excluding hydrogens is 266 g/mol. The first-order valence-corrected chi connectivity index (χ1v) is 6.61. The van der Waals surface area contributed by atoms with Crippen LogP contribution in [0.4, 0.5) is 5.95 Å². The van der Waals surface area contributed by atoms with E-state index in [4.69, 9.17) is 0 Å². The Morgan fingerprint density at radius 3 is 2.33 bits per heavy atom. The molecule has 106 valence electrons. The van der Waals surface area contributed by atoms with Crippen LogP contribution in [0.3, 0.4) is 0 Å². The molecule has 1 aromatic carbocycles. The number of rotatable bonds is 4. The average Bonchev–Trinajstić information content (AvgIpc) is 2.85. The highest BCUT2D eigenvalue weighted by molar-refractivity contribution is 5.26. The summed E-state index contributed by atoms with van der Waals surface area (Å²) in [7, 11) is 0. The fourth-order valence-electron chi connectivity index (χ4n) is 1.99. The van der Waals surface area contributed by atoms with Crippen molar-refractivity contribution in [2.45, 2.75) is 20.4 Å². The molecule has 21 heavy (non-hydrogen) atoms. The van der Waals surface area contributed by atoms with Crippen molar-refractivity contribution in [1.29, 1.82) is 0 Å². The molecule has 0 amide bonds. The van der Waals surface area contributed by atoms with Gasteiger partial charge in [0.25, 0.3) is 11.9 Å². The first-order chi connectivity index (χ1) is 10.2. The van der Waals surface area contributed by atoms with Gasteiger partial charge in [-0.05, 0) is 25.5 Å². The summed E-state index contributed by atoms with van der Waals surface area (Å²) in [5.41, 5.74) is 2.99. The highest BCUT2D eigenvalue weighted by Crippen LogP contribution is 2.07. The maximum Gasteiger partial charge on any atom is 0.289 e. The number of benzene rings is 1. The molecule has 0 aliphatic heterocycles. The zero-order chi connectivity index (χ0) is 14.7. The molecule has 3 rings (SSSR count). The van der Waals surface area contributed by atoms with E-state index in [-0.39, 0.29) is 0 Å². The highest BCUT2D eigenvalue weighted by Gasteiger charge is 2.08. The van der Waals surface area contributed by atoms with Gasteiger partial charge in [0.1, 0.15) is 0 Å². The van der Waals surface area contributed by atoms with Crippen LogP contribution in [0, 0.1) is 13.8 Å². The monoisotopic (exact) mass is 281 g/mol. The molecule has 0 aliphatic carbocycles. The minimum atomic E-state index is 0.367. The van der Waals surface area contributed by atoms with Gasteiger partial charge in [0.05, 0.1) is 5.69 Å². The summed E-state index contributed by atoms with van der Waals surface area (Å²) in [4.78, 5) is 0. The van der Waals surface area contributed by atoms with Crippen LogP contribution in [0.1, 0.15) is 17.0 Å². The maximum absolute atomic E-state index is 4.29. The van der Waals surface area contributed by atoms with Gasteiger partial charge < -0.3 is 5.32 Å². The summed E-state index contributed by atoms with van der Waals surface area (Å²) in [6, 6.07) is 12.0. The lowest BCUT2D eigenvalue weighted by atomic mass is 10.2. The van der Waals surface area contributed by atoms with Crippen molar-refractivity contribution in [2.75, 3.05) is 5.32 Å². The summed E-state index contributed by atoms with van der Waals surface area (Å²) >= 11 is 0. The van der Waals surface area contributed by atoms with Gasteiger partial charge >= 0.3 is 0 Å². The molecule has 0 saturated heterocycles. The van der Waals surface area contributed by atoms with Crippen LogP contribution in [0.25, 0.3) is 5.95 Å². The zero-order valence-corrected chi connectivity index (χ0v) is 11.9. The van der Waals surface area contributed by atoms with Crippen LogP contribution in [0.2, 0.25) is 0 Å². The van der Waals surface area contributed by atoms with Crippen molar-refractivity contribution in [3.63, 3.8) is 0 Å². The van der Waals surface area contributed by atoms with Crippen molar-refractivity contribution < 1.29 is 0 Å². The molecule has 0 unspecified atom stereocenters. The first kappa shape index (κ1) is 13.2. The molecule has 3 aromatic rings. The SMILES string of the molecule is Cc1cc(C)n(-c2nnc(NCc3ccccc3)nn2)n1. The Morgan fingerprint density at radius 2 is 1.71 bits per heavy atom. The molecule has 0 saturated carbocycles. The van der Waals surface area contributed by atoms with Gasteiger partial charge in [0.2, 0.25) is 0 Å². The Hall–Kier alpha value is -2.83. The van der Waals surface area contributed by atoms with Gasteiger partial charge in [-0.3, -0.25) is 0 Å². The van der Waals surface area contributed by atoms with E-state index < -0.39 is 0 Å². The lowest BCUT2D eigenvalue weighted by Gasteiger charge is -2.04. The molecule has 7 nitrogen and oxygen atoms in total. The summed E-state index contributed by atoms with van der Waals surface area (Å²) in [5, 5.41) is 23.5. The quantitative estimate of drug-likeness (QED) is 0.783. The van der Waals surface area contributed by atoms with Gasteiger partial charge in [-0.1, -0.05) is 30.3 Å². The van der Waals surface area contributed by atoms with E-state index in [9.17, 15) is 0 Å². The van der Waals surface area contributed by atoms with Gasteiger partial charge in [-0.2, -0.15) is 5.10 Å². The topological polar surface area (TPSA) is 81.4 Å². The fraction of sp³-hybridized carbons (Fsp3) is 0.214. The van der Waals surface area contributed by atoms with E-state index >= 15 is 0 Å². The maximum atomic E-state index is 4.29. The molecule has 2 heterocycles. The Kier molecular flexibility index (Phi) is 3.55. The smallest absolute Gasteiger partial charge is 0.289 e. The van der Waals surface area contributed by atoms with Crippen LogP contribution in [-0.4, -0.2) is 30.2 Å². The first-order valence-electron chi connectivity index (χ1n) is 6.61. The predicted octanol–water partition coefficient (Wildman–Crippen LogP) is 1.68. The Bertz CT molecular complexity index is 719.